The van der Waals surface area contributed by atoms with E-state index in [2.05, 4.69) is 63.2 Å². The second kappa shape index (κ2) is 18.4. The van der Waals surface area contributed by atoms with Crippen molar-refractivity contribution >= 4 is 44.0 Å². The summed E-state index contributed by atoms with van der Waals surface area (Å²) in [6.07, 6.45) is 9.92. The average molecular weight is 939 g/mol. The molecule has 1 saturated carbocycles. The number of nitro benzene ring substituents is 1. The molecule has 9 rings (SSSR count). The molecule has 5 heterocycles. The fourth-order valence-electron chi connectivity index (χ4n) is 10.9. The molecule has 0 radical (unpaired) electrons. The fourth-order valence-corrected chi connectivity index (χ4v) is 11.9. The summed E-state index contributed by atoms with van der Waals surface area (Å²) in [5.41, 5.74) is 1.17. The third kappa shape index (κ3) is 9.59. The molecule has 1 unspecified atom stereocenters. The Morgan fingerprint density at radius 1 is 0.985 bits per heavy atom. The molecule has 356 valence electrons. The van der Waals surface area contributed by atoms with Crippen LogP contribution in [0, 0.1) is 21.3 Å². The van der Waals surface area contributed by atoms with Crippen LogP contribution in [0.2, 0.25) is 0 Å². The number of carbonyl (C=O) groups is 1. The smallest absolute Gasteiger partial charge is 0.293 e. The van der Waals surface area contributed by atoms with E-state index in [1.807, 2.05) is 23.5 Å². The van der Waals surface area contributed by atoms with Crippen LogP contribution in [0.1, 0.15) is 113 Å². The second-order valence-corrected chi connectivity index (χ2v) is 21.4. The van der Waals surface area contributed by atoms with Crippen LogP contribution in [-0.4, -0.2) is 96.0 Å². The van der Waals surface area contributed by atoms with E-state index in [-0.39, 0.29) is 53.7 Å². The number of aromatic nitrogens is 2. The van der Waals surface area contributed by atoms with E-state index in [0.717, 1.165) is 62.2 Å². The number of aromatic amines is 1. The number of ether oxygens (including phenoxy) is 1. The van der Waals surface area contributed by atoms with Gasteiger partial charge in [0.25, 0.3) is 21.6 Å². The van der Waals surface area contributed by atoms with E-state index < -0.39 is 48.5 Å². The number of pyridine rings is 1. The highest BCUT2D eigenvalue weighted by Gasteiger charge is 2.50. The molecule has 4 aliphatic rings. The molecule has 14 nitrogen and oxygen atoms in total. The number of benzene rings is 3. The normalized spacial score (nSPS) is 20.1. The molecule has 67 heavy (non-hydrogen) atoms. The molecule has 0 bridgehead atoms. The first kappa shape index (κ1) is 46.5. The molecule has 5 aromatic rings. The SMILES string of the molecule is CC(C)c1ccccc1C1CCCN1C1CC2(CCN(c3cc(Oc4cnc5[nH]ccc5c4)c(C(=O)NS(=O)(=O)c4ccc(NCC5(F)CCN(C(C)C)CC5)c([N+](=O)[O-])c4)cc3F)CC2)C1. The Kier molecular flexibility index (Phi) is 12.8. The molecule has 3 aromatic carbocycles. The van der Waals surface area contributed by atoms with E-state index in [1.54, 1.807) is 18.3 Å². The minimum atomic E-state index is -4.76. The number of carbonyl (C=O) groups excluding carboxylic acids is 1. The minimum absolute atomic E-state index is 0.0656. The lowest BCUT2D eigenvalue weighted by molar-refractivity contribution is -0.384. The van der Waals surface area contributed by atoms with Gasteiger partial charge in [0.05, 0.1) is 27.3 Å². The summed E-state index contributed by atoms with van der Waals surface area (Å²) in [4.78, 5) is 39.1. The third-order valence-electron chi connectivity index (χ3n) is 14.9. The minimum Gasteiger partial charge on any atom is -0.455 e. The molecular formula is C50H60F2N8O6S. The van der Waals surface area contributed by atoms with Crippen molar-refractivity contribution in [3.63, 3.8) is 0 Å². The van der Waals surface area contributed by atoms with Gasteiger partial charge in [-0.3, -0.25) is 19.8 Å². The molecule has 1 aliphatic carbocycles. The molecule has 3 N–H and O–H groups in total. The van der Waals surface area contributed by atoms with E-state index >= 15 is 8.78 Å². The van der Waals surface area contributed by atoms with Crippen LogP contribution in [0.5, 0.6) is 11.5 Å². The number of amides is 1. The molecule has 3 aliphatic heterocycles. The number of hydrogen-bond donors (Lipinski definition) is 3. The summed E-state index contributed by atoms with van der Waals surface area (Å²) >= 11 is 0. The van der Waals surface area contributed by atoms with Crippen LogP contribution < -0.4 is 19.7 Å². The van der Waals surface area contributed by atoms with Crippen LogP contribution in [0.25, 0.3) is 11.0 Å². The first-order chi connectivity index (χ1) is 32.0. The number of rotatable bonds is 14. The number of hydrogen-bond acceptors (Lipinski definition) is 11. The lowest BCUT2D eigenvalue weighted by atomic mass is 9.59. The monoisotopic (exact) mass is 938 g/mol. The largest absolute Gasteiger partial charge is 0.455 e. The Labute approximate surface area is 390 Å². The zero-order chi connectivity index (χ0) is 47.3. The van der Waals surface area contributed by atoms with Gasteiger partial charge in [0.15, 0.2) is 0 Å². The third-order valence-corrected chi connectivity index (χ3v) is 16.2. The molecule has 1 spiro atoms. The maximum atomic E-state index is 16.4. The fraction of sp³-hybridized carbons (Fsp3) is 0.480. The number of halogens is 2. The van der Waals surface area contributed by atoms with Crippen molar-refractivity contribution in [2.45, 2.75) is 114 Å². The number of likely N-dealkylation sites (tertiary alicyclic amines) is 2. The van der Waals surface area contributed by atoms with Crippen LogP contribution in [0.3, 0.4) is 0 Å². The standard InChI is InChI=1S/C50H60F2N8O6S/c1-32(2)38-8-5-6-9-39(38)43-10-7-19-59(43)35-28-49(29-35)14-20-58(21-15-49)44-27-46(66-36-24-34-13-18-53-47(34)54-30-36)40(26-41(44)51)48(61)56-67(64,65)37-11-12-42(45(25-37)60(62)63)55-31-50(52)16-22-57(23-17-50)33(3)4/h5-6,8-9,11-13,18,24-27,30,32-33,35,43,55H,7,10,14-17,19-23,28-29,31H2,1-4H3,(H,53,54)(H,56,61). The Hall–Kier alpha value is -5.65. The predicted molar refractivity (Wildman–Crippen MR) is 255 cm³/mol. The van der Waals surface area contributed by atoms with Gasteiger partial charge < -0.3 is 24.8 Å². The summed E-state index contributed by atoms with van der Waals surface area (Å²) in [6, 6.07) is 19.0. The van der Waals surface area contributed by atoms with E-state index in [9.17, 15) is 23.3 Å². The highest BCUT2D eigenvalue weighted by molar-refractivity contribution is 7.90. The number of alkyl halides is 1. The number of nitro groups is 1. The topological polar surface area (TPSA) is 166 Å². The predicted octanol–water partition coefficient (Wildman–Crippen LogP) is 9.86. The Morgan fingerprint density at radius 3 is 2.45 bits per heavy atom. The maximum Gasteiger partial charge on any atom is 0.293 e. The molecule has 1 atom stereocenters. The van der Waals surface area contributed by atoms with Gasteiger partial charge in [-0.05, 0) is 125 Å². The van der Waals surface area contributed by atoms with Crippen molar-refractivity contribution in [1.29, 1.82) is 0 Å². The van der Waals surface area contributed by atoms with Crippen molar-refractivity contribution in [3.8, 4) is 11.5 Å². The Bertz CT molecular complexity index is 2760. The number of H-pyrrole nitrogens is 1. The van der Waals surface area contributed by atoms with Gasteiger partial charge in [0.2, 0.25) is 0 Å². The van der Waals surface area contributed by atoms with Gasteiger partial charge >= 0.3 is 0 Å². The molecule has 4 fully saturated rings. The lowest BCUT2D eigenvalue weighted by Crippen LogP contribution is -2.55. The molecule has 2 aromatic heterocycles. The van der Waals surface area contributed by atoms with E-state index in [0.29, 0.717) is 49.8 Å². The zero-order valence-electron chi connectivity index (χ0n) is 38.6. The van der Waals surface area contributed by atoms with Gasteiger partial charge in [-0.2, -0.15) is 0 Å². The van der Waals surface area contributed by atoms with Crippen LogP contribution >= 0.6 is 0 Å². The number of nitrogens with one attached hydrogen (secondary N) is 3. The summed E-state index contributed by atoms with van der Waals surface area (Å²) in [5.74, 6) is -1.35. The number of nitrogens with zero attached hydrogens (tertiary/aromatic N) is 5. The van der Waals surface area contributed by atoms with Crippen molar-refractivity contribution in [1.82, 2.24) is 24.5 Å². The van der Waals surface area contributed by atoms with E-state index in [1.165, 1.54) is 35.9 Å². The molecular weight excluding hydrogens is 879 g/mol. The maximum absolute atomic E-state index is 16.4. The summed E-state index contributed by atoms with van der Waals surface area (Å²) in [6.45, 7) is 11.8. The Morgan fingerprint density at radius 2 is 1.73 bits per heavy atom. The van der Waals surface area contributed by atoms with Gasteiger partial charge in [0, 0.05) is 74.6 Å². The summed E-state index contributed by atoms with van der Waals surface area (Å²) in [7, 11) is -4.76. The zero-order valence-corrected chi connectivity index (χ0v) is 39.4. The van der Waals surface area contributed by atoms with Crippen LogP contribution in [-0.2, 0) is 10.0 Å². The average Bonchev–Trinajstić information content (AvgIpc) is 3.98. The first-order valence-corrected chi connectivity index (χ1v) is 25.1. The van der Waals surface area contributed by atoms with Gasteiger partial charge in [-0.1, -0.05) is 38.1 Å². The van der Waals surface area contributed by atoms with Gasteiger partial charge in [-0.25, -0.2) is 26.9 Å². The molecule has 1 amide bonds. The van der Waals surface area contributed by atoms with Crippen LogP contribution in [0.4, 0.5) is 25.8 Å². The Balaban J connectivity index is 0.910. The lowest BCUT2D eigenvalue weighted by Gasteiger charge is -2.56. The van der Waals surface area contributed by atoms with Crippen molar-refractivity contribution in [3.05, 3.63) is 112 Å². The highest BCUT2D eigenvalue weighted by atomic mass is 32.2. The first-order valence-electron chi connectivity index (χ1n) is 23.6. The van der Waals surface area contributed by atoms with Crippen molar-refractivity contribution < 1.29 is 31.7 Å². The summed E-state index contributed by atoms with van der Waals surface area (Å²) in [5, 5.41) is 15.7. The number of piperidine rings is 2. The summed E-state index contributed by atoms with van der Waals surface area (Å²) < 4.78 is 67.9. The van der Waals surface area contributed by atoms with Crippen molar-refractivity contribution in [2.24, 2.45) is 5.41 Å². The van der Waals surface area contributed by atoms with E-state index in [4.69, 9.17) is 4.74 Å². The highest BCUT2D eigenvalue weighted by Crippen LogP contribution is 2.54. The quantitative estimate of drug-likeness (QED) is 0.0717. The molecule has 3 saturated heterocycles. The second-order valence-electron chi connectivity index (χ2n) is 19.7. The van der Waals surface area contributed by atoms with Gasteiger partial charge in [0.1, 0.15) is 34.3 Å². The molecule has 17 heteroatoms. The number of fused-ring (bicyclic) bond motifs is 1. The van der Waals surface area contributed by atoms with Gasteiger partial charge in [-0.15, -0.1) is 0 Å². The number of anilines is 2. The van der Waals surface area contributed by atoms with Crippen molar-refractivity contribution in [2.75, 3.05) is 49.5 Å². The van der Waals surface area contributed by atoms with Crippen LogP contribution in [0.15, 0.2) is 84.0 Å². The number of sulfonamides is 1.